The molecule has 6 heteroatoms. The van der Waals surface area contributed by atoms with Gasteiger partial charge in [0.1, 0.15) is 16.4 Å². The standard InChI is InChI=1S/C11H19N3O2S/c1-5-16-11(15)8-9(12)14(6-7(2)3)13-10(8)17-4/h7H,5-6,12H2,1-4H3. The highest BCUT2D eigenvalue weighted by Gasteiger charge is 2.22. The lowest BCUT2D eigenvalue weighted by atomic mass is 10.2. The molecule has 0 aliphatic carbocycles. The molecule has 1 aromatic rings. The molecule has 96 valence electrons. The number of aromatic nitrogens is 2. The van der Waals surface area contributed by atoms with Crippen LogP contribution in [0.25, 0.3) is 0 Å². The van der Waals surface area contributed by atoms with Gasteiger partial charge in [0.05, 0.1) is 6.61 Å². The topological polar surface area (TPSA) is 70.1 Å². The maximum Gasteiger partial charge on any atom is 0.344 e. The largest absolute Gasteiger partial charge is 0.462 e. The van der Waals surface area contributed by atoms with E-state index in [1.165, 1.54) is 11.8 Å². The Morgan fingerprint density at radius 2 is 2.24 bits per heavy atom. The number of esters is 1. The number of ether oxygens (including phenoxy) is 1. The minimum absolute atomic E-state index is 0.335. The Kier molecular flexibility index (Phi) is 4.86. The fourth-order valence-corrected chi connectivity index (χ4v) is 2.05. The maximum atomic E-state index is 11.8. The lowest BCUT2D eigenvalue weighted by molar-refractivity contribution is 0.0523. The number of anilines is 1. The Morgan fingerprint density at radius 1 is 1.59 bits per heavy atom. The highest BCUT2D eigenvalue weighted by molar-refractivity contribution is 7.98. The van der Waals surface area contributed by atoms with Gasteiger partial charge in [-0.1, -0.05) is 13.8 Å². The van der Waals surface area contributed by atoms with E-state index in [2.05, 4.69) is 18.9 Å². The molecule has 0 saturated carbocycles. The second-order valence-corrected chi connectivity index (χ2v) is 4.86. The van der Waals surface area contributed by atoms with Crippen LogP contribution in [-0.2, 0) is 11.3 Å². The minimum atomic E-state index is -0.399. The monoisotopic (exact) mass is 257 g/mol. The zero-order valence-corrected chi connectivity index (χ0v) is 11.5. The molecule has 1 heterocycles. The lowest BCUT2D eigenvalue weighted by Gasteiger charge is -2.07. The van der Waals surface area contributed by atoms with Crippen LogP contribution < -0.4 is 5.73 Å². The molecule has 2 N–H and O–H groups in total. The molecule has 0 fully saturated rings. The fourth-order valence-electron chi connectivity index (χ4n) is 1.48. The summed E-state index contributed by atoms with van der Waals surface area (Å²) in [6.45, 7) is 6.94. The number of carbonyl (C=O) groups excluding carboxylic acids is 1. The summed E-state index contributed by atoms with van der Waals surface area (Å²) in [4.78, 5) is 11.8. The molecule has 0 spiro atoms. The number of thioether (sulfide) groups is 1. The molecular formula is C11H19N3O2S. The molecule has 5 nitrogen and oxygen atoms in total. The summed E-state index contributed by atoms with van der Waals surface area (Å²) < 4.78 is 6.65. The van der Waals surface area contributed by atoms with E-state index in [1.807, 2.05) is 6.26 Å². The van der Waals surface area contributed by atoms with Gasteiger partial charge < -0.3 is 10.5 Å². The van der Waals surface area contributed by atoms with Crippen LogP contribution in [0.4, 0.5) is 5.82 Å². The van der Waals surface area contributed by atoms with Gasteiger partial charge in [-0.15, -0.1) is 11.8 Å². The Morgan fingerprint density at radius 3 is 2.71 bits per heavy atom. The molecule has 0 atom stereocenters. The second kappa shape index (κ2) is 5.95. The van der Waals surface area contributed by atoms with Gasteiger partial charge >= 0.3 is 5.97 Å². The second-order valence-electron chi connectivity index (χ2n) is 4.07. The van der Waals surface area contributed by atoms with E-state index in [0.29, 0.717) is 35.5 Å². The Bertz CT molecular complexity index is 402. The molecule has 1 rings (SSSR count). The Balaban J connectivity index is 3.10. The van der Waals surface area contributed by atoms with Crippen molar-refractivity contribution in [2.24, 2.45) is 5.92 Å². The number of carbonyl (C=O) groups is 1. The first-order valence-electron chi connectivity index (χ1n) is 5.58. The van der Waals surface area contributed by atoms with Crippen molar-refractivity contribution >= 4 is 23.5 Å². The van der Waals surface area contributed by atoms with Crippen molar-refractivity contribution in [1.82, 2.24) is 9.78 Å². The van der Waals surface area contributed by atoms with Gasteiger partial charge in [0.15, 0.2) is 0 Å². The van der Waals surface area contributed by atoms with E-state index in [0.717, 1.165) is 0 Å². The first kappa shape index (κ1) is 13.9. The van der Waals surface area contributed by atoms with Gasteiger partial charge in [0, 0.05) is 6.54 Å². The molecule has 0 bridgehead atoms. The summed E-state index contributed by atoms with van der Waals surface area (Å²) in [7, 11) is 0. The third-order valence-electron chi connectivity index (χ3n) is 2.17. The first-order chi connectivity index (χ1) is 8.01. The molecule has 0 aliphatic heterocycles. The van der Waals surface area contributed by atoms with Crippen LogP contribution in [0.5, 0.6) is 0 Å². The van der Waals surface area contributed by atoms with Crippen molar-refractivity contribution in [3.63, 3.8) is 0 Å². The smallest absolute Gasteiger partial charge is 0.344 e. The van der Waals surface area contributed by atoms with E-state index in [1.54, 1.807) is 11.6 Å². The summed E-state index contributed by atoms with van der Waals surface area (Å²) >= 11 is 1.40. The summed E-state index contributed by atoms with van der Waals surface area (Å²) in [6, 6.07) is 0. The molecule has 0 aromatic carbocycles. The predicted molar refractivity (Wildman–Crippen MR) is 69.2 cm³/mol. The average Bonchev–Trinajstić information content (AvgIpc) is 2.55. The number of hydrogen-bond acceptors (Lipinski definition) is 5. The SMILES string of the molecule is CCOC(=O)c1c(SC)nn(CC(C)C)c1N. The molecule has 17 heavy (non-hydrogen) atoms. The number of nitrogens with two attached hydrogens (primary N) is 1. The average molecular weight is 257 g/mol. The third-order valence-corrected chi connectivity index (χ3v) is 2.84. The maximum absolute atomic E-state index is 11.8. The van der Waals surface area contributed by atoms with E-state index in [9.17, 15) is 4.79 Å². The summed E-state index contributed by atoms with van der Waals surface area (Å²) in [5.41, 5.74) is 6.33. The van der Waals surface area contributed by atoms with Crippen LogP contribution >= 0.6 is 11.8 Å². The van der Waals surface area contributed by atoms with E-state index in [4.69, 9.17) is 10.5 Å². The molecule has 0 radical (unpaired) electrons. The normalized spacial score (nSPS) is 10.9. The van der Waals surface area contributed by atoms with Crippen molar-refractivity contribution < 1.29 is 9.53 Å². The molecule has 0 unspecified atom stereocenters. The van der Waals surface area contributed by atoms with Crippen molar-refractivity contribution in [3.05, 3.63) is 5.56 Å². The predicted octanol–water partition coefficient (Wildman–Crippen LogP) is 2.02. The summed E-state index contributed by atoms with van der Waals surface area (Å²) in [6.07, 6.45) is 1.87. The highest BCUT2D eigenvalue weighted by Crippen LogP contribution is 2.26. The summed E-state index contributed by atoms with van der Waals surface area (Å²) in [5.74, 6) is 0.410. The van der Waals surface area contributed by atoms with Gasteiger partial charge in [-0.3, -0.25) is 0 Å². The van der Waals surface area contributed by atoms with Crippen LogP contribution in [0.1, 0.15) is 31.1 Å². The van der Waals surface area contributed by atoms with Crippen LogP contribution in [-0.4, -0.2) is 28.6 Å². The van der Waals surface area contributed by atoms with Crippen molar-refractivity contribution in [3.8, 4) is 0 Å². The van der Waals surface area contributed by atoms with Gasteiger partial charge in [-0.25, -0.2) is 9.48 Å². The van der Waals surface area contributed by atoms with E-state index >= 15 is 0 Å². The number of nitrogen functional groups attached to an aromatic ring is 1. The van der Waals surface area contributed by atoms with E-state index < -0.39 is 5.97 Å². The van der Waals surface area contributed by atoms with Gasteiger partial charge in [-0.05, 0) is 19.1 Å². The van der Waals surface area contributed by atoms with Gasteiger partial charge in [-0.2, -0.15) is 5.10 Å². The van der Waals surface area contributed by atoms with Crippen LogP contribution in [0.15, 0.2) is 5.03 Å². The van der Waals surface area contributed by atoms with Crippen molar-refractivity contribution in [1.29, 1.82) is 0 Å². The quantitative estimate of drug-likeness (QED) is 0.645. The summed E-state index contributed by atoms with van der Waals surface area (Å²) in [5, 5.41) is 4.95. The highest BCUT2D eigenvalue weighted by atomic mass is 32.2. The van der Waals surface area contributed by atoms with Crippen molar-refractivity contribution in [2.75, 3.05) is 18.6 Å². The van der Waals surface area contributed by atoms with Crippen LogP contribution in [0.2, 0.25) is 0 Å². The molecular weight excluding hydrogens is 238 g/mol. The van der Waals surface area contributed by atoms with Crippen LogP contribution in [0.3, 0.4) is 0 Å². The molecule has 0 aliphatic rings. The molecule has 1 aromatic heterocycles. The van der Waals surface area contributed by atoms with Gasteiger partial charge in [0.25, 0.3) is 0 Å². The number of rotatable bonds is 5. The Labute approximate surface area is 106 Å². The number of nitrogens with zero attached hydrogens (tertiary/aromatic N) is 2. The Hall–Kier alpha value is -1.17. The zero-order valence-electron chi connectivity index (χ0n) is 10.7. The first-order valence-corrected chi connectivity index (χ1v) is 6.81. The van der Waals surface area contributed by atoms with Gasteiger partial charge in [0.2, 0.25) is 0 Å². The van der Waals surface area contributed by atoms with E-state index in [-0.39, 0.29) is 0 Å². The minimum Gasteiger partial charge on any atom is -0.462 e. The fraction of sp³-hybridized carbons (Fsp3) is 0.636. The van der Waals surface area contributed by atoms with Crippen LogP contribution in [0, 0.1) is 5.92 Å². The van der Waals surface area contributed by atoms with Crippen molar-refractivity contribution in [2.45, 2.75) is 32.3 Å². The third kappa shape index (κ3) is 3.15. The zero-order chi connectivity index (χ0) is 13.0. The molecule has 0 amide bonds. The number of hydrogen-bond donors (Lipinski definition) is 1. The lowest BCUT2D eigenvalue weighted by Crippen LogP contribution is -2.12. The molecule has 0 saturated heterocycles.